The minimum absolute atomic E-state index is 0.0841. The average Bonchev–Trinajstić information content (AvgIpc) is 1.56. The number of hydrogen-bond acceptors (Lipinski definition) is 24. The quantitative estimate of drug-likeness (QED) is 0.0519. The number of aryl methyl sites for hydroxylation is 1. The predicted octanol–water partition coefficient (Wildman–Crippen LogP) is 17.8. The van der Waals surface area contributed by atoms with Crippen LogP contribution in [-0.2, 0) is 51.4 Å². The SMILES string of the molecule is CC(C)n1cnc2cc(-c3ccc4c(c3)N(C3CC(N5CCC(C)(C)C5)C3)C(=O)C43CCN(C(=O)[C@@H](C)O)CC3)nc(Nc3ccncc3F)c21.CC(C)n1cnc2cc(-c3ccc4c(c3)N(C3CC(N5CCC(C)(C)C5)C3)C(=O)C43CCN(C4COC4)CC3)nc(Nc3ccncc3F)c21.CCn1cnc2cc(-c3ccc4c(c3)N(C3CC(N5CCC(C)(C)C5)C3)C(=O)C43CCN(C4COC4)CC3)nc(Nc3ccncc3F)c21. The van der Waals surface area contributed by atoms with Gasteiger partial charge in [0.15, 0.2) is 34.9 Å². The Hall–Kier alpha value is -12.3. The van der Waals surface area contributed by atoms with Crippen molar-refractivity contribution in [3.8, 4) is 33.8 Å². The first-order chi connectivity index (χ1) is 72.2. The van der Waals surface area contributed by atoms with Gasteiger partial charge in [-0.3, -0.25) is 58.6 Å². The van der Waals surface area contributed by atoms with Crippen LogP contribution in [0.1, 0.15) is 208 Å². The molecule has 8 saturated heterocycles. The van der Waals surface area contributed by atoms with Crippen molar-refractivity contribution in [3.63, 3.8) is 0 Å². The third-order valence-corrected chi connectivity index (χ3v) is 36.2. The molecule has 12 aromatic rings. The van der Waals surface area contributed by atoms with Crippen molar-refractivity contribution < 1.29 is 46.9 Å². The van der Waals surface area contributed by atoms with Crippen molar-refractivity contribution in [2.75, 3.05) is 136 Å². The molecule has 4 N–H and O–H groups in total. The lowest BCUT2D eigenvalue weighted by atomic mass is 9.73. The molecule has 11 aliphatic heterocycles. The fraction of sp³-hybridized carbons (Fsp3) is 0.526. The molecule has 3 saturated carbocycles. The van der Waals surface area contributed by atoms with Crippen LogP contribution in [0.4, 0.5) is 64.7 Å². The molecule has 34 heteroatoms. The second-order valence-electron chi connectivity index (χ2n) is 48.0. The number of halogens is 3. The molecule has 3 aliphatic carbocycles. The molecule has 11 fully saturated rings. The van der Waals surface area contributed by atoms with Gasteiger partial charge in [0.2, 0.25) is 17.7 Å². The Morgan fingerprint density at radius 2 is 0.713 bits per heavy atom. The van der Waals surface area contributed by atoms with Crippen molar-refractivity contribution >= 4 is 108 Å². The number of hydrogen-bond donors (Lipinski definition) is 4. The molecule has 786 valence electrons. The smallest absolute Gasteiger partial charge is 0.251 e. The molecule has 0 radical (unpaired) electrons. The largest absolute Gasteiger partial charge is 0.384 e. The number of aliphatic hydroxyl groups is 1. The van der Waals surface area contributed by atoms with E-state index in [0.717, 1.165) is 251 Å². The second kappa shape index (κ2) is 38.5. The number of pyridine rings is 6. The number of aromatic nitrogens is 12. The van der Waals surface area contributed by atoms with Gasteiger partial charge in [-0.15, -0.1) is 0 Å². The molecule has 0 unspecified atom stereocenters. The van der Waals surface area contributed by atoms with E-state index in [1.807, 2.05) is 46.7 Å². The number of amides is 4. The highest BCUT2D eigenvalue weighted by atomic mass is 19.1. The van der Waals surface area contributed by atoms with Crippen LogP contribution in [-0.4, -0.2) is 276 Å². The number of aliphatic hydroxyl groups excluding tert-OH is 1. The molecular formula is C116H139F3N24O7. The molecule has 31 nitrogen and oxygen atoms in total. The number of carbonyl (C=O) groups is 4. The third-order valence-electron chi connectivity index (χ3n) is 36.2. The van der Waals surface area contributed by atoms with E-state index in [1.165, 1.54) is 51.0 Å². The van der Waals surface area contributed by atoms with Crippen molar-refractivity contribution in [3.05, 3.63) is 181 Å². The first-order valence-corrected chi connectivity index (χ1v) is 54.7. The van der Waals surface area contributed by atoms with E-state index in [1.54, 1.807) is 48.1 Å². The average molecular weight is 2040 g/mol. The molecule has 3 aromatic carbocycles. The number of benzene rings is 3. The maximum Gasteiger partial charge on any atom is 0.251 e. The van der Waals surface area contributed by atoms with Gasteiger partial charge in [-0.2, -0.15) is 0 Å². The van der Waals surface area contributed by atoms with E-state index in [4.69, 9.17) is 39.4 Å². The van der Waals surface area contributed by atoms with Gasteiger partial charge in [0.25, 0.3) is 5.91 Å². The van der Waals surface area contributed by atoms with Gasteiger partial charge in [-0.05, 0) is 271 Å². The van der Waals surface area contributed by atoms with Crippen LogP contribution in [0.2, 0.25) is 0 Å². The van der Waals surface area contributed by atoms with E-state index >= 15 is 0 Å². The van der Waals surface area contributed by atoms with Crippen LogP contribution >= 0.6 is 0 Å². The first kappa shape index (κ1) is 99.7. The topological polar surface area (TPSA) is 303 Å². The Bertz CT molecular complexity index is 7230. The van der Waals surface area contributed by atoms with Crippen molar-refractivity contribution in [1.82, 2.24) is 88.0 Å². The zero-order valence-electron chi connectivity index (χ0n) is 88.3. The number of piperidine rings is 3. The number of ether oxygens (including phenoxy) is 2. The number of nitrogens with one attached hydrogen (secondary N) is 3. The summed E-state index contributed by atoms with van der Waals surface area (Å²) in [6.45, 7) is 41.0. The molecular weight excluding hydrogens is 1900 g/mol. The van der Waals surface area contributed by atoms with Gasteiger partial charge in [0.1, 0.15) is 22.7 Å². The van der Waals surface area contributed by atoms with Crippen LogP contribution < -0.4 is 30.7 Å². The van der Waals surface area contributed by atoms with Gasteiger partial charge in [0.05, 0.1) is 143 Å². The van der Waals surface area contributed by atoms with E-state index in [9.17, 15) is 37.5 Å². The van der Waals surface area contributed by atoms with E-state index < -0.39 is 39.8 Å². The summed E-state index contributed by atoms with van der Waals surface area (Å²) in [5.41, 5.74) is 15.9. The fourth-order valence-corrected chi connectivity index (χ4v) is 26.9. The molecule has 9 aromatic heterocycles. The van der Waals surface area contributed by atoms with E-state index in [-0.39, 0.29) is 59.5 Å². The van der Waals surface area contributed by atoms with Gasteiger partial charge < -0.3 is 63.8 Å². The number of anilines is 9. The lowest BCUT2D eigenvalue weighted by Gasteiger charge is -2.47. The molecule has 20 heterocycles. The molecule has 14 aliphatic rings. The molecule has 3 spiro atoms. The summed E-state index contributed by atoms with van der Waals surface area (Å²) in [4.78, 5) is 119. The number of fused-ring (bicyclic) bond motifs is 9. The Balaban J connectivity index is 0.000000120. The van der Waals surface area contributed by atoms with Crippen LogP contribution in [0.5, 0.6) is 0 Å². The monoisotopic (exact) mass is 2040 g/mol. The van der Waals surface area contributed by atoms with Crippen LogP contribution in [0.3, 0.4) is 0 Å². The number of carbonyl (C=O) groups excluding carboxylic acids is 4. The Morgan fingerprint density at radius 3 is 1.01 bits per heavy atom. The van der Waals surface area contributed by atoms with Gasteiger partial charge in [0, 0.05) is 140 Å². The summed E-state index contributed by atoms with van der Waals surface area (Å²) >= 11 is 0. The lowest BCUT2D eigenvalue weighted by molar-refractivity contribution is -0.142. The molecule has 4 amide bonds. The standard InChI is InChI=1S/C39H47FN8O3.C39H47FN8O2.C38H45FN8O2/c1-23(2)47-22-42-32-19-31(44-35(34(32)47)43-30-8-12-41-20-29(30)40)25-6-7-28-33(16-25)48(27-17-26(18-27)46-13-9-38(4,5)21-46)37(51)39(28)10-14-45(15-11-39)36(50)24(3)49;1-24(2)47-23-42-33-18-32(44-36(35(33)47)43-31-7-11-41-19-30(31)40)25-5-6-29-34(15-25)48(27-16-26(17-27)46-12-8-38(3,4)22-46)37(49)39(29)9-13-45(14-10-39)28-20-50-21-28;1-4-44-23-41-32-18-31(43-35(34(32)44)42-30-7-11-40-19-29(30)39)24-5-6-28-33(15-24)47(26-16-25(17-26)46-12-8-37(2,3)22-46)36(48)38(28)9-13-45(14-10-38)27-20-49-21-27/h6-8,12,16,19-20,22-24,26-27,49H,9-11,13-15,17-18,21H2,1-5H3,(H,41,43,44);5-7,11,15,18-19,23-24,26-28H,8-10,12-14,16-17,20-22H2,1-4H3,(H,41,43,44);5-7,11,15,18-19,23,25-27H,4,8-10,12-14,16-17,20-22H2,1-3H3,(H,40,42,43)/t24-,26?,27?;;/m1../s1. The maximum atomic E-state index is 14.8. The second-order valence-corrected chi connectivity index (χ2v) is 48.0. The minimum Gasteiger partial charge on any atom is -0.384 e. The highest BCUT2D eigenvalue weighted by molar-refractivity contribution is 6.12. The fourth-order valence-electron chi connectivity index (χ4n) is 26.9. The van der Waals surface area contributed by atoms with Crippen molar-refractivity contribution in [1.29, 1.82) is 0 Å². The van der Waals surface area contributed by atoms with Crippen LogP contribution in [0.25, 0.3) is 66.9 Å². The highest BCUT2D eigenvalue weighted by Crippen LogP contribution is 2.58. The number of likely N-dealkylation sites (tertiary alicyclic amines) is 6. The Kier molecular flexibility index (Phi) is 25.6. The number of imidazole rings is 3. The minimum atomic E-state index is -1.07. The van der Waals surface area contributed by atoms with Crippen LogP contribution in [0, 0.1) is 33.7 Å². The summed E-state index contributed by atoms with van der Waals surface area (Å²) in [5.74, 6) is 0.517. The molecule has 0 bridgehead atoms. The zero-order valence-corrected chi connectivity index (χ0v) is 88.3. The van der Waals surface area contributed by atoms with Crippen molar-refractivity contribution in [2.24, 2.45) is 16.2 Å². The van der Waals surface area contributed by atoms with E-state index in [0.29, 0.717) is 113 Å². The van der Waals surface area contributed by atoms with Gasteiger partial charge in [-0.25, -0.2) is 43.1 Å². The predicted molar refractivity (Wildman–Crippen MR) is 574 cm³/mol. The summed E-state index contributed by atoms with van der Waals surface area (Å²) in [7, 11) is 0. The Morgan fingerprint density at radius 1 is 0.400 bits per heavy atom. The maximum absolute atomic E-state index is 14.8. The summed E-state index contributed by atoms with van der Waals surface area (Å²) in [5, 5.41) is 19.7. The zero-order chi connectivity index (χ0) is 104. The van der Waals surface area contributed by atoms with Gasteiger partial charge >= 0.3 is 0 Å². The van der Waals surface area contributed by atoms with Crippen LogP contribution in [0.15, 0.2) is 147 Å². The van der Waals surface area contributed by atoms with Gasteiger partial charge in [-0.1, -0.05) is 77.9 Å². The molecule has 150 heavy (non-hydrogen) atoms. The van der Waals surface area contributed by atoms with Crippen molar-refractivity contribution in [2.45, 2.75) is 269 Å². The Labute approximate surface area is 873 Å². The van der Waals surface area contributed by atoms with E-state index in [2.05, 4.69) is 192 Å². The normalized spacial score (nSPS) is 24.5. The number of nitrogens with zero attached hydrogens (tertiary/aromatic N) is 21. The molecule has 1 atom stereocenters. The highest BCUT2D eigenvalue weighted by Gasteiger charge is 2.61. The number of rotatable bonds is 21. The lowest BCUT2D eigenvalue weighted by Crippen LogP contribution is -2.59. The third kappa shape index (κ3) is 17.6. The first-order valence-electron chi connectivity index (χ1n) is 54.7. The molecule has 26 rings (SSSR count). The summed E-state index contributed by atoms with van der Waals surface area (Å²) < 4.78 is 61.5. The summed E-state index contributed by atoms with van der Waals surface area (Å²) in [6, 6.07) is 33.1. The summed E-state index contributed by atoms with van der Waals surface area (Å²) in [6.07, 6.45) is 26.4.